The first-order valence-electron chi connectivity index (χ1n) is 13.6. The van der Waals surface area contributed by atoms with E-state index in [1.54, 1.807) is 24.3 Å². The minimum absolute atomic E-state index is 0.00844. The Balaban J connectivity index is 2.67. The van der Waals surface area contributed by atoms with Gasteiger partial charge in [0.25, 0.3) is 0 Å². The molecule has 1 aromatic rings. The number of ether oxygens (including phenoxy) is 3. The van der Waals surface area contributed by atoms with Crippen LogP contribution in [-0.4, -0.2) is 39.1 Å². The first kappa shape index (κ1) is 34.9. The molecule has 0 aliphatic rings. The number of hydrogen-bond donors (Lipinski definition) is 0. The molecular formula is C33H43F3O4. The summed E-state index contributed by atoms with van der Waals surface area (Å²) in [5.41, 5.74) is -2.69. The fourth-order valence-corrected chi connectivity index (χ4v) is 3.65. The largest absolute Gasteiger partial charge is 0.469 e. The van der Waals surface area contributed by atoms with Gasteiger partial charge in [-0.3, -0.25) is 4.79 Å². The molecule has 1 aromatic carbocycles. The second-order valence-electron chi connectivity index (χ2n) is 8.91. The fourth-order valence-electron chi connectivity index (χ4n) is 3.65. The highest BCUT2D eigenvalue weighted by atomic mass is 19.4. The lowest BCUT2D eigenvalue weighted by molar-refractivity contribution is -0.293. The molecule has 7 heteroatoms. The molecular weight excluding hydrogens is 517 g/mol. The van der Waals surface area contributed by atoms with Gasteiger partial charge >= 0.3 is 12.1 Å². The van der Waals surface area contributed by atoms with Gasteiger partial charge in [0, 0.05) is 13.5 Å². The third kappa shape index (κ3) is 13.8. The molecule has 220 valence electrons. The first-order valence-corrected chi connectivity index (χ1v) is 13.6. The Hall–Kier alpha value is -3.16. The molecule has 0 heterocycles. The minimum atomic E-state index is -4.72. The van der Waals surface area contributed by atoms with E-state index >= 15 is 0 Å². The van der Waals surface area contributed by atoms with Crippen LogP contribution in [0.4, 0.5) is 13.2 Å². The van der Waals surface area contributed by atoms with Crippen LogP contribution in [0.2, 0.25) is 0 Å². The Kier molecular flexibility index (Phi) is 18.0. The second-order valence-corrected chi connectivity index (χ2v) is 8.91. The van der Waals surface area contributed by atoms with Gasteiger partial charge in [0.2, 0.25) is 5.60 Å². The maximum atomic E-state index is 14.2. The molecule has 0 amide bonds. The number of rotatable bonds is 19. The molecule has 0 radical (unpaired) electrons. The van der Waals surface area contributed by atoms with Crippen molar-refractivity contribution in [1.82, 2.24) is 0 Å². The van der Waals surface area contributed by atoms with Gasteiger partial charge in [-0.2, -0.15) is 13.2 Å². The van der Waals surface area contributed by atoms with Crippen LogP contribution >= 0.6 is 0 Å². The summed E-state index contributed by atoms with van der Waals surface area (Å²) in [7, 11) is 2.28. The average Bonchev–Trinajstić information content (AvgIpc) is 2.95. The van der Waals surface area contributed by atoms with Gasteiger partial charge in [-0.15, -0.1) is 0 Å². The lowest BCUT2D eigenvalue weighted by Gasteiger charge is -2.35. The highest BCUT2D eigenvalue weighted by molar-refractivity contribution is 5.69. The maximum Gasteiger partial charge on any atom is 0.424 e. The van der Waals surface area contributed by atoms with E-state index in [1.807, 2.05) is 12.2 Å². The van der Waals surface area contributed by atoms with E-state index in [0.29, 0.717) is 6.42 Å². The first-order chi connectivity index (χ1) is 19.3. The fraction of sp³-hybridized carbons (Fsp3) is 0.424. The van der Waals surface area contributed by atoms with Crippen molar-refractivity contribution in [2.75, 3.05) is 20.8 Å². The summed E-state index contributed by atoms with van der Waals surface area (Å²) in [6, 6.07) is 7.39. The number of carbonyl (C=O) groups excluding carboxylic acids is 1. The number of esters is 1. The van der Waals surface area contributed by atoms with Crippen molar-refractivity contribution < 1.29 is 32.2 Å². The van der Waals surface area contributed by atoms with Gasteiger partial charge < -0.3 is 14.2 Å². The van der Waals surface area contributed by atoms with E-state index in [1.165, 1.54) is 31.4 Å². The van der Waals surface area contributed by atoms with Gasteiger partial charge in [0.15, 0.2) is 0 Å². The third-order valence-corrected chi connectivity index (χ3v) is 5.97. The number of allylic oxidation sites excluding steroid dienone is 11. The van der Waals surface area contributed by atoms with Crippen LogP contribution in [0.15, 0.2) is 103 Å². The van der Waals surface area contributed by atoms with E-state index in [9.17, 15) is 18.0 Å². The molecule has 1 rings (SSSR count). The molecule has 0 aliphatic carbocycles. The number of benzene rings is 1. The van der Waals surface area contributed by atoms with Gasteiger partial charge in [-0.05, 0) is 44.1 Å². The molecule has 0 N–H and O–H groups in total. The van der Waals surface area contributed by atoms with Crippen molar-refractivity contribution in [3.8, 4) is 0 Å². The monoisotopic (exact) mass is 560 g/mol. The second kappa shape index (κ2) is 20.7. The van der Waals surface area contributed by atoms with Crippen LogP contribution < -0.4 is 0 Å². The van der Waals surface area contributed by atoms with Gasteiger partial charge in [-0.1, -0.05) is 110 Å². The number of hydrogen-bond acceptors (Lipinski definition) is 4. The Morgan fingerprint density at radius 3 is 1.88 bits per heavy atom. The van der Waals surface area contributed by atoms with Crippen molar-refractivity contribution in [3.63, 3.8) is 0 Å². The quantitative estimate of drug-likeness (QED) is 0.0964. The van der Waals surface area contributed by atoms with E-state index in [4.69, 9.17) is 9.47 Å². The predicted molar refractivity (Wildman–Crippen MR) is 156 cm³/mol. The lowest BCUT2D eigenvalue weighted by Crippen LogP contribution is -2.48. The zero-order chi connectivity index (χ0) is 29.5. The summed E-state index contributed by atoms with van der Waals surface area (Å²) in [6.07, 6.45) is 23.3. The van der Waals surface area contributed by atoms with Crippen molar-refractivity contribution >= 4 is 5.97 Å². The molecule has 0 spiro atoms. The molecule has 2 atom stereocenters. The molecule has 0 bridgehead atoms. The number of alkyl halides is 3. The highest BCUT2D eigenvalue weighted by Gasteiger charge is 2.57. The molecule has 0 fully saturated rings. The Morgan fingerprint density at radius 2 is 1.38 bits per heavy atom. The van der Waals surface area contributed by atoms with E-state index in [2.05, 4.69) is 54.2 Å². The van der Waals surface area contributed by atoms with Crippen molar-refractivity contribution in [3.05, 3.63) is 109 Å². The summed E-state index contributed by atoms with van der Waals surface area (Å²) in [6.45, 7) is 1.35. The summed E-state index contributed by atoms with van der Waals surface area (Å²) < 4.78 is 57.9. The minimum Gasteiger partial charge on any atom is -0.469 e. The summed E-state index contributed by atoms with van der Waals surface area (Å²) in [5, 5.41) is 0. The molecule has 40 heavy (non-hydrogen) atoms. The van der Waals surface area contributed by atoms with Crippen LogP contribution in [0.3, 0.4) is 0 Å². The van der Waals surface area contributed by atoms with Crippen molar-refractivity contribution in [2.24, 2.45) is 0 Å². The zero-order valence-corrected chi connectivity index (χ0v) is 23.8. The summed E-state index contributed by atoms with van der Waals surface area (Å²) in [5.74, 6) is -0.464. The zero-order valence-electron chi connectivity index (χ0n) is 23.8. The Bertz CT molecular complexity index is 991. The van der Waals surface area contributed by atoms with Crippen LogP contribution in [0.25, 0.3) is 0 Å². The molecule has 4 nitrogen and oxygen atoms in total. The highest BCUT2D eigenvalue weighted by Crippen LogP contribution is 2.42. The molecule has 0 saturated heterocycles. The topological polar surface area (TPSA) is 44.8 Å². The predicted octanol–water partition coefficient (Wildman–Crippen LogP) is 8.74. The number of methoxy groups -OCH3 is 2. The normalized spacial score (nSPS) is 15.3. The van der Waals surface area contributed by atoms with Crippen LogP contribution in [0.1, 0.15) is 57.4 Å². The van der Waals surface area contributed by atoms with Gasteiger partial charge in [0.1, 0.15) is 0 Å². The molecule has 0 aliphatic heterocycles. The van der Waals surface area contributed by atoms with Crippen LogP contribution in [0, 0.1) is 0 Å². The SMILES string of the molecule is CC/C=C\C/C=C\C/C=C\C/C=C\C/C=C\C=C\[C@@H](CCC(=O)OC)OC[C@](OC)(c1ccccc1)C(F)(F)F. The van der Waals surface area contributed by atoms with Crippen LogP contribution in [-0.2, 0) is 24.6 Å². The summed E-state index contributed by atoms with van der Waals surface area (Å²) in [4.78, 5) is 11.6. The molecule has 0 unspecified atom stereocenters. The summed E-state index contributed by atoms with van der Waals surface area (Å²) >= 11 is 0. The van der Waals surface area contributed by atoms with Crippen molar-refractivity contribution in [2.45, 2.75) is 69.8 Å². The average molecular weight is 561 g/mol. The Labute approximate surface area is 237 Å². The van der Waals surface area contributed by atoms with Crippen LogP contribution in [0.5, 0.6) is 0 Å². The lowest BCUT2D eigenvalue weighted by atomic mass is 9.93. The Morgan fingerprint density at radius 1 is 0.825 bits per heavy atom. The molecule has 0 saturated carbocycles. The van der Waals surface area contributed by atoms with Gasteiger partial charge in [0.05, 0.1) is 19.8 Å². The van der Waals surface area contributed by atoms with Gasteiger partial charge in [-0.25, -0.2) is 0 Å². The number of carbonyl (C=O) groups is 1. The van der Waals surface area contributed by atoms with E-state index in [0.717, 1.165) is 32.8 Å². The van der Waals surface area contributed by atoms with Crippen molar-refractivity contribution in [1.29, 1.82) is 0 Å². The third-order valence-electron chi connectivity index (χ3n) is 5.97. The van der Waals surface area contributed by atoms with E-state index in [-0.39, 0.29) is 18.4 Å². The maximum absolute atomic E-state index is 14.2. The van der Waals surface area contributed by atoms with E-state index < -0.39 is 30.5 Å². The number of halogens is 3. The smallest absolute Gasteiger partial charge is 0.424 e. The standard InChI is InChI=1S/C33H43F3O4/c1-4-5-6-7-8-9-10-11-12-13-14-15-16-17-18-22-25-30(26-27-31(37)38-2)40-28-32(39-3,33(34,35)36)29-23-20-19-21-24-29/h5-6,8-9,11-12,14-15,17-25,30H,4,7,10,13,16,26-28H2,1-3H3/b6-5-,9-8-,12-11-,15-14-,18-17-,25-22+/t30-,32-/m0/s1. The molecule has 0 aromatic heterocycles.